The van der Waals surface area contributed by atoms with Crippen LogP contribution in [0.25, 0.3) is 21.9 Å². The molecule has 7 rings (SSSR count). The van der Waals surface area contributed by atoms with Gasteiger partial charge in [-0.3, -0.25) is 0 Å². The van der Waals surface area contributed by atoms with Crippen molar-refractivity contribution in [2.24, 2.45) is 0 Å². The summed E-state index contributed by atoms with van der Waals surface area (Å²) in [4.78, 5) is 0. The number of fused-ring (bicyclic) bond motifs is 5. The zero-order chi connectivity index (χ0) is 20.4. The highest BCUT2D eigenvalue weighted by molar-refractivity contribution is 6.98. The van der Waals surface area contributed by atoms with Crippen molar-refractivity contribution in [3.63, 3.8) is 0 Å². The molecule has 0 aliphatic carbocycles. The topological polar surface area (TPSA) is 18.5 Å². The number of benzene rings is 5. The predicted octanol–water partition coefficient (Wildman–Crippen LogP) is 5.23. The van der Waals surface area contributed by atoms with Gasteiger partial charge in [-0.05, 0) is 57.6 Å². The Morgan fingerprint density at radius 1 is 0.516 bits per heavy atom. The molecule has 2 heterocycles. The fourth-order valence-corrected chi connectivity index (χ4v) is 4.97. The van der Waals surface area contributed by atoms with Crippen molar-refractivity contribution in [2.45, 2.75) is 0 Å². The molecule has 144 valence electrons. The summed E-state index contributed by atoms with van der Waals surface area (Å²) in [5.74, 6) is 3.60. The van der Waals surface area contributed by atoms with Crippen molar-refractivity contribution in [2.75, 3.05) is 0 Å². The van der Waals surface area contributed by atoms with Crippen LogP contribution >= 0.6 is 0 Å². The van der Waals surface area contributed by atoms with Crippen LogP contribution in [-0.4, -0.2) is 6.71 Å². The first-order chi connectivity index (χ1) is 15.4. The van der Waals surface area contributed by atoms with E-state index in [0.29, 0.717) is 0 Å². The smallest absolute Gasteiger partial charge is 0.260 e. The van der Waals surface area contributed by atoms with E-state index in [2.05, 4.69) is 84.9 Å². The second kappa shape index (κ2) is 6.26. The van der Waals surface area contributed by atoms with Crippen molar-refractivity contribution in [1.29, 1.82) is 0 Å². The minimum atomic E-state index is 0.0975. The molecule has 2 nitrogen and oxygen atoms in total. The maximum atomic E-state index is 6.56. The first kappa shape index (κ1) is 16.8. The van der Waals surface area contributed by atoms with E-state index < -0.39 is 0 Å². The first-order valence-corrected chi connectivity index (χ1v) is 10.6. The molecule has 0 amide bonds. The van der Waals surface area contributed by atoms with Crippen molar-refractivity contribution in [3.8, 4) is 34.1 Å². The number of ether oxygens (including phenoxy) is 2. The van der Waals surface area contributed by atoms with Crippen LogP contribution in [0, 0.1) is 0 Å². The van der Waals surface area contributed by atoms with Crippen LogP contribution in [0.3, 0.4) is 0 Å². The average molecular weight is 396 g/mol. The Kier molecular flexibility index (Phi) is 3.39. The fourth-order valence-electron chi connectivity index (χ4n) is 4.97. The Morgan fingerprint density at radius 3 is 2.00 bits per heavy atom. The molecule has 3 heteroatoms. The lowest BCUT2D eigenvalue weighted by atomic mass is 9.34. The largest absolute Gasteiger partial charge is 0.458 e. The molecule has 2 aliphatic rings. The Hall–Kier alpha value is -3.98. The lowest BCUT2D eigenvalue weighted by molar-refractivity contribution is 0.465. The van der Waals surface area contributed by atoms with Crippen LogP contribution in [0.1, 0.15) is 0 Å². The quantitative estimate of drug-likeness (QED) is 0.354. The van der Waals surface area contributed by atoms with Gasteiger partial charge in [0.2, 0.25) is 0 Å². The van der Waals surface area contributed by atoms with E-state index in [1.165, 1.54) is 21.7 Å². The minimum Gasteiger partial charge on any atom is -0.458 e. The standard InChI is InChI=1S/C28H17BO2/c1-2-8-19-17-20(14-13-18(19)7-1)21-15-16-26-27-28(21)31-25-12-6-4-10-23(25)29(27)22-9-3-5-11-24(22)30-26/h1-17H. The second-order valence-corrected chi connectivity index (χ2v) is 8.13. The highest BCUT2D eigenvalue weighted by Crippen LogP contribution is 2.41. The number of para-hydroxylation sites is 2. The maximum Gasteiger partial charge on any atom is 0.260 e. The Bertz CT molecular complexity index is 1490. The Labute approximate surface area is 180 Å². The second-order valence-electron chi connectivity index (χ2n) is 8.13. The lowest BCUT2D eigenvalue weighted by Crippen LogP contribution is -2.57. The monoisotopic (exact) mass is 396 g/mol. The fraction of sp³-hybridized carbons (Fsp3) is 0. The summed E-state index contributed by atoms with van der Waals surface area (Å²) in [6.45, 7) is 0.0975. The summed E-state index contributed by atoms with van der Waals surface area (Å²) in [6, 6.07) is 35.9. The summed E-state index contributed by atoms with van der Waals surface area (Å²) in [5.41, 5.74) is 5.72. The molecule has 0 unspecified atom stereocenters. The molecule has 0 spiro atoms. The summed E-state index contributed by atoms with van der Waals surface area (Å²) in [5, 5.41) is 2.46. The van der Waals surface area contributed by atoms with Gasteiger partial charge in [0, 0.05) is 11.0 Å². The molecular formula is C28H17BO2. The van der Waals surface area contributed by atoms with Crippen LogP contribution in [0.2, 0.25) is 0 Å². The maximum absolute atomic E-state index is 6.56. The summed E-state index contributed by atoms with van der Waals surface area (Å²) < 4.78 is 12.9. The van der Waals surface area contributed by atoms with Gasteiger partial charge in [-0.2, -0.15) is 0 Å². The summed E-state index contributed by atoms with van der Waals surface area (Å²) >= 11 is 0. The van der Waals surface area contributed by atoms with E-state index in [-0.39, 0.29) is 6.71 Å². The summed E-state index contributed by atoms with van der Waals surface area (Å²) in [7, 11) is 0. The number of rotatable bonds is 1. The van der Waals surface area contributed by atoms with Crippen molar-refractivity contribution >= 4 is 33.9 Å². The predicted molar refractivity (Wildman–Crippen MR) is 127 cm³/mol. The Balaban J connectivity index is 1.51. The van der Waals surface area contributed by atoms with E-state index in [1.54, 1.807) is 0 Å². The summed E-state index contributed by atoms with van der Waals surface area (Å²) in [6.07, 6.45) is 0. The molecule has 0 saturated carbocycles. The van der Waals surface area contributed by atoms with Crippen LogP contribution in [0.15, 0.2) is 103 Å². The van der Waals surface area contributed by atoms with Gasteiger partial charge in [-0.1, -0.05) is 72.8 Å². The van der Waals surface area contributed by atoms with Crippen LogP contribution < -0.4 is 25.9 Å². The molecular weight excluding hydrogens is 379 g/mol. The van der Waals surface area contributed by atoms with Crippen LogP contribution in [0.4, 0.5) is 0 Å². The molecule has 31 heavy (non-hydrogen) atoms. The van der Waals surface area contributed by atoms with Gasteiger partial charge >= 0.3 is 0 Å². The van der Waals surface area contributed by atoms with Crippen molar-refractivity contribution in [1.82, 2.24) is 0 Å². The third kappa shape index (κ3) is 2.41. The van der Waals surface area contributed by atoms with Gasteiger partial charge in [0.15, 0.2) is 0 Å². The highest BCUT2D eigenvalue weighted by atomic mass is 16.5. The normalized spacial score (nSPS) is 13.0. The highest BCUT2D eigenvalue weighted by Gasteiger charge is 2.40. The van der Waals surface area contributed by atoms with Crippen LogP contribution in [0.5, 0.6) is 23.0 Å². The molecule has 0 fully saturated rings. The third-order valence-electron chi connectivity index (χ3n) is 6.40. The SMILES string of the molecule is c1ccc2c(c1)Oc1ccc(-c3ccc4ccccc4c3)c3c1B2c1ccccc1O3. The Morgan fingerprint density at radius 2 is 1.19 bits per heavy atom. The number of hydrogen-bond acceptors (Lipinski definition) is 2. The molecule has 5 aromatic carbocycles. The molecule has 5 aromatic rings. The molecule has 0 N–H and O–H groups in total. The molecule has 0 saturated heterocycles. The molecule has 0 atom stereocenters. The van der Waals surface area contributed by atoms with Gasteiger partial charge in [0.25, 0.3) is 6.71 Å². The zero-order valence-corrected chi connectivity index (χ0v) is 16.7. The van der Waals surface area contributed by atoms with E-state index in [9.17, 15) is 0 Å². The van der Waals surface area contributed by atoms with Gasteiger partial charge in [0.1, 0.15) is 23.0 Å². The van der Waals surface area contributed by atoms with Crippen molar-refractivity contribution < 1.29 is 9.47 Å². The zero-order valence-electron chi connectivity index (χ0n) is 16.7. The average Bonchev–Trinajstić information content (AvgIpc) is 2.83. The van der Waals surface area contributed by atoms with E-state index in [0.717, 1.165) is 39.6 Å². The molecule has 0 radical (unpaired) electrons. The van der Waals surface area contributed by atoms with E-state index in [1.807, 2.05) is 18.2 Å². The third-order valence-corrected chi connectivity index (χ3v) is 6.40. The lowest BCUT2D eigenvalue weighted by Gasteiger charge is -2.33. The first-order valence-electron chi connectivity index (χ1n) is 10.6. The van der Waals surface area contributed by atoms with Gasteiger partial charge in [-0.15, -0.1) is 0 Å². The van der Waals surface area contributed by atoms with Crippen LogP contribution in [-0.2, 0) is 0 Å². The van der Waals surface area contributed by atoms with Gasteiger partial charge < -0.3 is 9.47 Å². The van der Waals surface area contributed by atoms with Gasteiger partial charge in [-0.25, -0.2) is 0 Å². The number of hydrogen-bond donors (Lipinski definition) is 0. The molecule has 0 aromatic heterocycles. The van der Waals surface area contributed by atoms with Gasteiger partial charge in [0.05, 0.1) is 0 Å². The van der Waals surface area contributed by atoms with E-state index >= 15 is 0 Å². The van der Waals surface area contributed by atoms with E-state index in [4.69, 9.17) is 9.47 Å². The minimum absolute atomic E-state index is 0.0975. The van der Waals surface area contributed by atoms with Crippen molar-refractivity contribution in [3.05, 3.63) is 103 Å². The molecule has 2 aliphatic heterocycles. The molecule has 0 bridgehead atoms.